The molecule has 0 unspecified atom stereocenters. The average Bonchev–Trinajstić information content (AvgIpc) is 2.35. The SMILES string of the molecule is COC(Nc1nc(N)nc(N=N)n1)(OC)OC. The van der Waals surface area contributed by atoms with E-state index in [9.17, 15) is 0 Å². The van der Waals surface area contributed by atoms with E-state index in [0.717, 1.165) is 0 Å². The van der Waals surface area contributed by atoms with E-state index >= 15 is 0 Å². The molecule has 1 aromatic rings. The molecule has 0 saturated carbocycles. The summed E-state index contributed by atoms with van der Waals surface area (Å²) in [6.07, 6.45) is -1.55. The van der Waals surface area contributed by atoms with Crippen molar-refractivity contribution in [1.29, 1.82) is 5.53 Å². The van der Waals surface area contributed by atoms with Crippen LogP contribution in [0.2, 0.25) is 0 Å². The largest absolute Gasteiger partial charge is 0.376 e. The Kier molecular flexibility index (Phi) is 4.20. The standard InChI is InChI=1S/C7H13N7O3/c1-15-7(16-2,17-3)13-5-10-4(8)11-6(12-5)14-9/h9H,1-3H3,(H3,8,10,11,12,13). The molecule has 0 saturated heterocycles. The van der Waals surface area contributed by atoms with Crippen molar-refractivity contribution in [2.75, 3.05) is 32.4 Å². The minimum atomic E-state index is -1.55. The Hall–Kier alpha value is -1.91. The van der Waals surface area contributed by atoms with Gasteiger partial charge in [-0.1, -0.05) is 0 Å². The van der Waals surface area contributed by atoms with Gasteiger partial charge in [-0.2, -0.15) is 15.0 Å². The molecule has 0 bridgehead atoms. The fourth-order valence-electron chi connectivity index (χ4n) is 1.03. The zero-order chi connectivity index (χ0) is 12.9. The van der Waals surface area contributed by atoms with Crippen molar-refractivity contribution in [1.82, 2.24) is 15.0 Å². The van der Waals surface area contributed by atoms with Crippen molar-refractivity contribution in [3.8, 4) is 0 Å². The molecule has 0 aliphatic heterocycles. The minimum Gasteiger partial charge on any atom is -0.368 e. The normalized spacial score (nSPS) is 11.2. The van der Waals surface area contributed by atoms with Crippen LogP contribution < -0.4 is 11.1 Å². The van der Waals surface area contributed by atoms with E-state index in [2.05, 4.69) is 25.4 Å². The first-order valence-corrected chi connectivity index (χ1v) is 4.41. The number of anilines is 2. The summed E-state index contributed by atoms with van der Waals surface area (Å²) in [4.78, 5) is 11.1. The molecule has 10 nitrogen and oxygen atoms in total. The van der Waals surface area contributed by atoms with Gasteiger partial charge in [-0.3, -0.25) is 5.32 Å². The summed E-state index contributed by atoms with van der Waals surface area (Å²) >= 11 is 0. The minimum absolute atomic E-state index is 0.00838. The maximum absolute atomic E-state index is 6.80. The van der Waals surface area contributed by atoms with E-state index in [1.54, 1.807) is 0 Å². The lowest BCUT2D eigenvalue weighted by molar-refractivity contribution is -0.333. The second kappa shape index (κ2) is 5.43. The van der Waals surface area contributed by atoms with Crippen LogP contribution >= 0.6 is 0 Å². The Morgan fingerprint density at radius 1 is 1.18 bits per heavy atom. The van der Waals surface area contributed by atoms with Gasteiger partial charge in [0.05, 0.1) is 0 Å². The smallest absolute Gasteiger partial charge is 0.368 e. The second-order valence-electron chi connectivity index (χ2n) is 2.72. The highest BCUT2D eigenvalue weighted by Crippen LogP contribution is 2.17. The van der Waals surface area contributed by atoms with Crippen molar-refractivity contribution in [3.05, 3.63) is 0 Å². The van der Waals surface area contributed by atoms with E-state index in [4.69, 9.17) is 25.5 Å². The van der Waals surface area contributed by atoms with Crippen molar-refractivity contribution >= 4 is 17.8 Å². The van der Waals surface area contributed by atoms with Gasteiger partial charge >= 0.3 is 6.10 Å². The van der Waals surface area contributed by atoms with Crippen molar-refractivity contribution in [2.45, 2.75) is 6.10 Å². The molecule has 1 heterocycles. The maximum atomic E-state index is 6.80. The lowest BCUT2D eigenvalue weighted by Gasteiger charge is -2.28. The van der Waals surface area contributed by atoms with Crippen LogP contribution in [0.1, 0.15) is 0 Å². The highest BCUT2D eigenvalue weighted by atomic mass is 16.9. The van der Waals surface area contributed by atoms with E-state index in [-0.39, 0.29) is 17.8 Å². The molecule has 0 amide bonds. The molecule has 1 rings (SSSR count). The number of nitrogen functional groups attached to an aromatic ring is 1. The lowest BCUT2D eigenvalue weighted by Crippen LogP contribution is -2.44. The summed E-state index contributed by atoms with van der Waals surface area (Å²) in [5, 5.41) is 5.65. The Balaban J connectivity index is 3.00. The molecule has 0 aromatic carbocycles. The summed E-state index contributed by atoms with van der Waals surface area (Å²) in [6, 6.07) is 0. The Morgan fingerprint density at radius 3 is 2.24 bits per heavy atom. The van der Waals surface area contributed by atoms with Crippen LogP contribution in [0.25, 0.3) is 0 Å². The molecule has 10 heteroatoms. The van der Waals surface area contributed by atoms with E-state index in [1.165, 1.54) is 21.3 Å². The van der Waals surface area contributed by atoms with Crippen molar-refractivity contribution in [3.63, 3.8) is 0 Å². The Labute approximate surface area is 97.0 Å². The second-order valence-corrected chi connectivity index (χ2v) is 2.72. The number of hydrogen-bond acceptors (Lipinski definition) is 10. The molecule has 0 aliphatic rings. The zero-order valence-electron chi connectivity index (χ0n) is 9.59. The highest BCUT2D eigenvalue weighted by molar-refractivity contribution is 5.36. The maximum Gasteiger partial charge on any atom is 0.376 e. The molecule has 0 aliphatic carbocycles. The van der Waals surface area contributed by atoms with Crippen LogP contribution in [0.4, 0.5) is 17.8 Å². The fourth-order valence-corrected chi connectivity index (χ4v) is 1.03. The molecule has 94 valence electrons. The van der Waals surface area contributed by atoms with E-state index in [1.807, 2.05) is 0 Å². The molecule has 17 heavy (non-hydrogen) atoms. The first-order valence-electron chi connectivity index (χ1n) is 4.41. The molecular formula is C7H13N7O3. The summed E-state index contributed by atoms with van der Waals surface area (Å²) < 4.78 is 14.9. The van der Waals surface area contributed by atoms with Gasteiger partial charge in [0.1, 0.15) is 0 Å². The molecule has 0 radical (unpaired) electrons. The van der Waals surface area contributed by atoms with Gasteiger partial charge < -0.3 is 19.9 Å². The molecule has 0 atom stereocenters. The van der Waals surface area contributed by atoms with Gasteiger partial charge in [-0.25, -0.2) is 5.53 Å². The number of nitrogens with two attached hydrogens (primary N) is 1. The van der Waals surface area contributed by atoms with Gasteiger partial charge in [0, 0.05) is 21.3 Å². The first kappa shape index (κ1) is 13.2. The number of nitrogens with zero attached hydrogens (tertiary/aromatic N) is 4. The van der Waals surface area contributed by atoms with E-state index < -0.39 is 6.10 Å². The Morgan fingerprint density at radius 2 is 1.76 bits per heavy atom. The van der Waals surface area contributed by atoms with E-state index in [0.29, 0.717) is 0 Å². The molecule has 0 fully saturated rings. The van der Waals surface area contributed by atoms with Crippen LogP contribution in [0.15, 0.2) is 5.11 Å². The van der Waals surface area contributed by atoms with Crippen LogP contribution in [-0.2, 0) is 14.2 Å². The summed E-state index contributed by atoms with van der Waals surface area (Å²) in [5.74, 6) is -0.225. The predicted octanol–water partition coefficient (Wildman–Crippen LogP) is 0.0787. The van der Waals surface area contributed by atoms with Gasteiger partial charge in [0.25, 0.3) is 5.95 Å². The van der Waals surface area contributed by atoms with Crippen LogP contribution in [-0.4, -0.2) is 42.4 Å². The highest BCUT2D eigenvalue weighted by Gasteiger charge is 2.31. The van der Waals surface area contributed by atoms with Crippen molar-refractivity contribution < 1.29 is 14.2 Å². The topological polar surface area (TPSA) is 141 Å². The van der Waals surface area contributed by atoms with Gasteiger partial charge in [0.2, 0.25) is 11.9 Å². The summed E-state index contributed by atoms with van der Waals surface area (Å²) in [5.41, 5.74) is 12.2. The molecule has 1 aromatic heterocycles. The number of hydrogen-bond donors (Lipinski definition) is 3. The monoisotopic (exact) mass is 243 g/mol. The van der Waals surface area contributed by atoms with Crippen LogP contribution in [0.5, 0.6) is 0 Å². The third-order valence-electron chi connectivity index (χ3n) is 1.81. The summed E-state index contributed by atoms with van der Waals surface area (Å²) in [6.45, 7) is 0. The van der Waals surface area contributed by atoms with Gasteiger partial charge in [-0.15, -0.1) is 5.11 Å². The van der Waals surface area contributed by atoms with Crippen molar-refractivity contribution in [2.24, 2.45) is 5.11 Å². The third kappa shape index (κ3) is 3.03. The molecular weight excluding hydrogens is 230 g/mol. The number of ether oxygens (including phenoxy) is 3. The number of methoxy groups -OCH3 is 3. The average molecular weight is 243 g/mol. The van der Waals surface area contributed by atoms with Gasteiger partial charge in [-0.05, 0) is 0 Å². The number of nitrogens with one attached hydrogen (secondary N) is 2. The third-order valence-corrected chi connectivity index (χ3v) is 1.81. The summed E-state index contributed by atoms with van der Waals surface area (Å²) in [7, 11) is 4.08. The Bertz CT molecular complexity index is 387. The lowest BCUT2D eigenvalue weighted by atomic mass is 10.7. The first-order chi connectivity index (χ1) is 8.09. The number of rotatable bonds is 6. The quantitative estimate of drug-likeness (QED) is 0.471. The zero-order valence-corrected chi connectivity index (χ0v) is 9.59. The predicted molar refractivity (Wildman–Crippen MR) is 56.4 cm³/mol. The van der Waals surface area contributed by atoms with Gasteiger partial charge in [0.15, 0.2) is 0 Å². The molecule has 4 N–H and O–H groups in total. The fraction of sp³-hybridized carbons (Fsp3) is 0.571. The van der Waals surface area contributed by atoms with Crippen LogP contribution in [0.3, 0.4) is 0 Å². The van der Waals surface area contributed by atoms with Crippen LogP contribution in [0, 0.1) is 5.53 Å². The molecule has 0 spiro atoms. The number of aromatic nitrogens is 3.